The fourth-order valence-electron chi connectivity index (χ4n) is 5.65. The van der Waals surface area contributed by atoms with E-state index in [0.29, 0.717) is 36.2 Å². The molecule has 1 saturated carbocycles. The fourth-order valence-corrected chi connectivity index (χ4v) is 6.29. The highest BCUT2D eigenvalue weighted by Crippen LogP contribution is 2.30. The zero-order valence-corrected chi connectivity index (χ0v) is 24.3. The third kappa shape index (κ3) is 6.97. The van der Waals surface area contributed by atoms with E-state index in [0.717, 1.165) is 86.2 Å². The van der Waals surface area contributed by atoms with Crippen molar-refractivity contribution in [1.82, 2.24) is 25.4 Å². The van der Waals surface area contributed by atoms with E-state index in [-0.39, 0.29) is 14.7 Å². The van der Waals surface area contributed by atoms with Gasteiger partial charge in [-0.05, 0) is 69.0 Å². The molecule has 1 atom stereocenters. The molecule has 0 bridgehead atoms. The summed E-state index contributed by atoms with van der Waals surface area (Å²) in [5.74, 6) is 0.682. The Morgan fingerprint density at radius 1 is 1.18 bits per heavy atom. The monoisotopic (exact) mass is 610 g/mol. The van der Waals surface area contributed by atoms with Crippen molar-refractivity contribution in [3.05, 3.63) is 56.9 Å². The van der Waals surface area contributed by atoms with Crippen LogP contribution in [0.25, 0.3) is 0 Å². The van der Waals surface area contributed by atoms with Gasteiger partial charge in [-0.1, -0.05) is 40.5 Å². The van der Waals surface area contributed by atoms with Gasteiger partial charge in [0.25, 0.3) is 0 Å². The summed E-state index contributed by atoms with van der Waals surface area (Å²) < 4.78 is 15.1. The summed E-state index contributed by atoms with van der Waals surface area (Å²) in [7, 11) is 0. The summed E-state index contributed by atoms with van der Waals surface area (Å²) in [6.07, 6.45) is 7.21. The number of likely N-dealkylation sites (tertiary alicyclic amines) is 1. The molecule has 0 unspecified atom stereocenters. The largest absolute Gasteiger partial charge is 0.353 e. The summed E-state index contributed by atoms with van der Waals surface area (Å²) >= 11 is 10.0. The molecule has 1 aromatic carbocycles. The summed E-state index contributed by atoms with van der Waals surface area (Å²) in [5.41, 5.74) is 1.66. The average molecular weight is 612 g/mol. The van der Waals surface area contributed by atoms with Crippen molar-refractivity contribution < 1.29 is 12.0 Å². The van der Waals surface area contributed by atoms with Gasteiger partial charge in [0.2, 0.25) is 0 Å². The van der Waals surface area contributed by atoms with Crippen molar-refractivity contribution in [3.63, 3.8) is 0 Å². The number of carbonyl (C=O) groups is 1. The minimum Gasteiger partial charge on any atom is -0.353 e. The number of hydrogen-bond acceptors (Lipinski definition) is 5. The van der Waals surface area contributed by atoms with Crippen molar-refractivity contribution in [2.45, 2.75) is 70.2 Å². The number of urea groups is 1. The first-order valence-electron chi connectivity index (χ1n) is 13.8. The number of pyridine rings is 1. The second-order valence-electron chi connectivity index (χ2n) is 10.7. The standard InChI is InChI=1S/C28H37BrClFN6O.2H2/c1-2-23-18-36(27-25(30)13-19(15-32-27)16-33-28(38)34-22-5-6-22)11-12-37(23)24-7-9-35(10-8-24)17-20-3-4-21(29)14-26(20)31;;/h3-4,13-15,22-24H,2,5-12,16-18H2,1H3,(H2,33,34,38);2*1H/t23-;;/m0../s1. The highest BCUT2D eigenvalue weighted by atomic mass is 79.9. The van der Waals surface area contributed by atoms with Crippen LogP contribution >= 0.6 is 27.5 Å². The molecule has 2 saturated heterocycles. The maximum atomic E-state index is 14.3. The number of piperazine rings is 1. The van der Waals surface area contributed by atoms with Crippen LogP contribution in [0, 0.1) is 5.82 Å². The predicted octanol–water partition coefficient (Wildman–Crippen LogP) is 5.66. The van der Waals surface area contributed by atoms with Crippen LogP contribution in [0.1, 0.15) is 53.0 Å². The summed E-state index contributed by atoms with van der Waals surface area (Å²) in [6, 6.07) is 8.44. The lowest BCUT2D eigenvalue weighted by atomic mass is 9.97. The normalized spacial score (nSPS) is 21.5. The lowest BCUT2D eigenvalue weighted by Gasteiger charge is -2.47. The van der Waals surface area contributed by atoms with Crippen molar-refractivity contribution in [2.24, 2.45) is 0 Å². The molecule has 7 nitrogen and oxygen atoms in total. The molecule has 3 heterocycles. The Hall–Kier alpha value is -1.94. The van der Waals surface area contributed by atoms with Crippen LogP contribution in [0.2, 0.25) is 5.02 Å². The second-order valence-corrected chi connectivity index (χ2v) is 12.1. The van der Waals surface area contributed by atoms with Gasteiger partial charge in [-0.15, -0.1) is 0 Å². The summed E-state index contributed by atoms with van der Waals surface area (Å²) in [6.45, 7) is 8.05. The van der Waals surface area contributed by atoms with E-state index in [1.54, 1.807) is 6.07 Å². The molecule has 3 aliphatic rings. The van der Waals surface area contributed by atoms with Crippen molar-refractivity contribution >= 4 is 39.4 Å². The molecule has 2 aliphatic heterocycles. The third-order valence-electron chi connectivity index (χ3n) is 7.98. The number of anilines is 1. The van der Waals surface area contributed by atoms with Crippen molar-refractivity contribution in [2.75, 3.05) is 37.6 Å². The summed E-state index contributed by atoms with van der Waals surface area (Å²) in [4.78, 5) is 23.9. The van der Waals surface area contributed by atoms with Gasteiger partial charge in [0, 0.05) is 69.9 Å². The van der Waals surface area contributed by atoms with Crippen LogP contribution < -0.4 is 15.5 Å². The van der Waals surface area contributed by atoms with E-state index in [1.165, 1.54) is 0 Å². The highest BCUT2D eigenvalue weighted by molar-refractivity contribution is 9.10. The number of hydrogen-bond donors (Lipinski definition) is 2. The van der Waals surface area contributed by atoms with Crippen molar-refractivity contribution in [3.8, 4) is 0 Å². The van der Waals surface area contributed by atoms with Gasteiger partial charge in [-0.25, -0.2) is 14.2 Å². The van der Waals surface area contributed by atoms with Gasteiger partial charge in [0.05, 0.1) is 5.02 Å². The molecule has 38 heavy (non-hydrogen) atoms. The molecule has 210 valence electrons. The number of rotatable bonds is 8. The van der Waals surface area contributed by atoms with Crippen LogP contribution in [0.5, 0.6) is 0 Å². The smallest absolute Gasteiger partial charge is 0.315 e. The number of halogens is 3. The van der Waals surface area contributed by atoms with Crippen LogP contribution in [-0.4, -0.2) is 71.7 Å². The molecular weight excluding hydrogens is 571 g/mol. The molecular formula is C28H41BrClFN6O. The Morgan fingerprint density at radius 3 is 2.66 bits per heavy atom. The Morgan fingerprint density at radius 2 is 1.97 bits per heavy atom. The van der Waals surface area contributed by atoms with Crippen LogP contribution in [0.4, 0.5) is 15.0 Å². The number of amides is 2. The molecule has 10 heteroatoms. The zero-order chi connectivity index (χ0) is 26.6. The van der Waals surface area contributed by atoms with Crippen molar-refractivity contribution in [1.29, 1.82) is 0 Å². The molecule has 0 radical (unpaired) electrons. The Balaban J connectivity index is 0.00000220. The Bertz CT molecular complexity index is 1140. The Labute approximate surface area is 241 Å². The van der Waals surface area contributed by atoms with Gasteiger partial charge in [-0.2, -0.15) is 0 Å². The number of benzene rings is 1. The van der Waals surface area contributed by atoms with E-state index in [2.05, 4.69) is 53.2 Å². The molecule has 3 fully saturated rings. The first-order valence-corrected chi connectivity index (χ1v) is 14.9. The van der Waals surface area contributed by atoms with E-state index < -0.39 is 0 Å². The fraction of sp³-hybridized carbons (Fsp3) is 0.571. The Kier molecular flexibility index (Phi) is 9.08. The maximum Gasteiger partial charge on any atom is 0.315 e. The molecule has 5 rings (SSSR count). The van der Waals surface area contributed by atoms with E-state index in [4.69, 9.17) is 11.6 Å². The van der Waals surface area contributed by atoms with Crippen LogP contribution in [0.15, 0.2) is 34.9 Å². The van der Waals surface area contributed by atoms with Gasteiger partial charge < -0.3 is 15.5 Å². The number of nitrogens with zero attached hydrogens (tertiary/aromatic N) is 4. The lowest BCUT2D eigenvalue weighted by molar-refractivity contribution is 0.0607. The average Bonchev–Trinajstić information content (AvgIpc) is 3.73. The predicted molar refractivity (Wildman–Crippen MR) is 157 cm³/mol. The quantitative estimate of drug-likeness (QED) is 0.404. The number of aromatic nitrogens is 1. The van der Waals surface area contributed by atoms with Gasteiger partial charge >= 0.3 is 6.03 Å². The zero-order valence-electron chi connectivity index (χ0n) is 21.9. The molecule has 1 aromatic heterocycles. The van der Waals surface area contributed by atoms with E-state index >= 15 is 0 Å². The highest BCUT2D eigenvalue weighted by Gasteiger charge is 2.34. The molecule has 0 spiro atoms. The summed E-state index contributed by atoms with van der Waals surface area (Å²) in [5, 5.41) is 6.44. The number of carbonyl (C=O) groups excluding carboxylic acids is 1. The first kappa shape index (κ1) is 27.6. The van der Waals surface area contributed by atoms with Gasteiger partial charge in [0.1, 0.15) is 11.6 Å². The molecule has 1 aliphatic carbocycles. The minimum atomic E-state index is -0.140. The SMILES string of the molecule is CC[C@H]1CN(c2ncc(CNC(=O)NC3CC3)cc2Cl)CCN1C1CCN(Cc2ccc(Br)cc2F)CC1.[HH].[HH]. The van der Waals surface area contributed by atoms with Crippen LogP contribution in [-0.2, 0) is 13.1 Å². The molecule has 2 N–H and O–H groups in total. The van der Waals surface area contributed by atoms with Gasteiger partial charge in [0.15, 0.2) is 0 Å². The maximum absolute atomic E-state index is 14.3. The van der Waals surface area contributed by atoms with Gasteiger partial charge in [-0.3, -0.25) is 9.80 Å². The second kappa shape index (κ2) is 12.5. The van der Waals surface area contributed by atoms with Crippen LogP contribution in [0.3, 0.4) is 0 Å². The number of piperidine rings is 1. The topological polar surface area (TPSA) is 63.7 Å². The van der Waals surface area contributed by atoms with E-state index in [1.807, 2.05) is 24.4 Å². The number of nitrogens with one attached hydrogen (secondary N) is 2. The first-order chi connectivity index (χ1) is 18.4. The lowest BCUT2D eigenvalue weighted by Crippen LogP contribution is -2.58. The van der Waals surface area contributed by atoms with E-state index in [9.17, 15) is 9.18 Å². The molecule has 2 amide bonds. The third-order valence-corrected chi connectivity index (χ3v) is 8.75. The molecule has 2 aromatic rings. The minimum absolute atomic E-state index is 0.